The van der Waals surface area contributed by atoms with Gasteiger partial charge in [-0.05, 0) is 42.6 Å². The van der Waals surface area contributed by atoms with Crippen molar-refractivity contribution in [2.24, 2.45) is 0 Å². The summed E-state index contributed by atoms with van der Waals surface area (Å²) in [4.78, 5) is 38.4. The minimum atomic E-state index is -3.97. The zero-order valence-corrected chi connectivity index (χ0v) is 17.8. The summed E-state index contributed by atoms with van der Waals surface area (Å²) in [5.41, 5.74) is 0.539. The van der Waals surface area contributed by atoms with E-state index in [2.05, 4.69) is 6.58 Å². The Kier molecular flexibility index (Phi) is 6.49. The molecule has 30 heavy (non-hydrogen) atoms. The number of carbonyl (C=O) groups is 3. The van der Waals surface area contributed by atoms with Crippen LogP contribution in [0.3, 0.4) is 0 Å². The van der Waals surface area contributed by atoms with Gasteiger partial charge < -0.3 is 4.74 Å². The Hall–Kier alpha value is -2.82. The highest BCUT2D eigenvalue weighted by molar-refractivity contribution is 7.91. The number of anilines is 1. The van der Waals surface area contributed by atoms with Gasteiger partial charge in [-0.25, -0.2) is 18.1 Å². The Morgan fingerprint density at radius 1 is 1.30 bits per heavy atom. The molecule has 8 nitrogen and oxygen atoms in total. The van der Waals surface area contributed by atoms with E-state index in [0.717, 1.165) is 20.5 Å². The lowest BCUT2D eigenvalue weighted by Gasteiger charge is -2.25. The average molecular weight is 449 g/mol. The maximum atomic E-state index is 13.0. The van der Waals surface area contributed by atoms with Crippen LogP contribution in [0.4, 0.5) is 5.69 Å². The second-order valence-electron chi connectivity index (χ2n) is 6.35. The third kappa shape index (κ3) is 4.07. The number of imide groups is 1. The number of nitrogens with zero attached hydrogens (tertiary/aromatic N) is 2. The Bertz CT molecular complexity index is 1060. The number of hydrogen-bond acceptors (Lipinski definition) is 7. The fourth-order valence-corrected chi connectivity index (χ4v) is 5.79. The van der Waals surface area contributed by atoms with Gasteiger partial charge in [-0.15, -0.1) is 17.9 Å². The molecule has 10 heteroatoms. The number of rotatable bonds is 8. The quantitative estimate of drug-likeness (QED) is 0.349. The van der Waals surface area contributed by atoms with E-state index in [4.69, 9.17) is 4.74 Å². The van der Waals surface area contributed by atoms with E-state index < -0.39 is 33.8 Å². The van der Waals surface area contributed by atoms with Gasteiger partial charge >= 0.3 is 5.97 Å². The van der Waals surface area contributed by atoms with Gasteiger partial charge in [0.25, 0.3) is 15.9 Å². The first-order valence-electron chi connectivity index (χ1n) is 9.11. The minimum Gasteiger partial charge on any atom is -0.462 e. The highest BCUT2D eigenvalue weighted by Crippen LogP contribution is 2.30. The molecule has 1 aromatic carbocycles. The van der Waals surface area contributed by atoms with Crippen molar-refractivity contribution in [3.05, 3.63) is 60.0 Å². The molecular weight excluding hydrogens is 428 g/mol. The molecule has 1 aromatic heterocycles. The number of ether oxygens (including phenoxy) is 1. The number of sulfonamides is 1. The largest absolute Gasteiger partial charge is 0.462 e. The summed E-state index contributed by atoms with van der Waals surface area (Å²) in [5, 5.41) is 1.62. The third-order valence-corrected chi connectivity index (χ3v) is 7.72. The molecule has 1 unspecified atom stereocenters. The average Bonchev–Trinajstić information content (AvgIpc) is 3.35. The molecule has 2 heterocycles. The molecule has 3 rings (SSSR count). The summed E-state index contributed by atoms with van der Waals surface area (Å²) in [7, 11) is -3.97. The van der Waals surface area contributed by atoms with Crippen LogP contribution in [0.25, 0.3) is 0 Å². The van der Waals surface area contributed by atoms with Crippen molar-refractivity contribution in [2.45, 2.75) is 23.6 Å². The van der Waals surface area contributed by atoms with Gasteiger partial charge in [-0.2, -0.15) is 4.31 Å². The van der Waals surface area contributed by atoms with Crippen LogP contribution >= 0.6 is 11.3 Å². The molecule has 0 N–H and O–H groups in total. The lowest BCUT2D eigenvalue weighted by Crippen LogP contribution is -2.45. The van der Waals surface area contributed by atoms with Crippen LogP contribution in [0.1, 0.15) is 23.7 Å². The van der Waals surface area contributed by atoms with Crippen LogP contribution < -0.4 is 4.90 Å². The van der Waals surface area contributed by atoms with Crippen LogP contribution in [0.2, 0.25) is 0 Å². The number of carbonyl (C=O) groups excluding carboxylic acids is 3. The van der Waals surface area contributed by atoms with Crippen molar-refractivity contribution in [3.63, 3.8) is 0 Å². The van der Waals surface area contributed by atoms with Crippen LogP contribution in [0.5, 0.6) is 0 Å². The van der Waals surface area contributed by atoms with Crippen LogP contribution in [-0.2, 0) is 24.3 Å². The van der Waals surface area contributed by atoms with Gasteiger partial charge in [0.05, 0.1) is 24.3 Å². The Morgan fingerprint density at radius 2 is 2.00 bits per heavy atom. The van der Waals surface area contributed by atoms with Gasteiger partial charge in [-0.1, -0.05) is 12.1 Å². The number of esters is 1. The lowest BCUT2D eigenvalue weighted by molar-refractivity contribution is -0.122. The van der Waals surface area contributed by atoms with Crippen molar-refractivity contribution in [2.75, 3.05) is 18.1 Å². The molecule has 158 valence electrons. The standard InChI is InChI=1S/C20H20N2O6S2/c1-3-11-21(30(26,27)18-6-5-12-29-18)16-13-17(23)22(19(16)24)15-9-7-14(8-10-15)20(25)28-4-2/h3,5-10,12,16H,1,4,11,13H2,2H3. The second kappa shape index (κ2) is 8.90. The third-order valence-electron chi connectivity index (χ3n) is 4.47. The molecule has 1 saturated heterocycles. The smallest absolute Gasteiger partial charge is 0.338 e. The monoisotopic (exact) mass is 448 g/mol. The summed E-state index contributed by atoms with van der Waals surface area (Å²) in [5.74, 6) is -1.68. The number of amides is 2. The first-order valence-corrected chi connectivity index (χ1v) is 11.4. The molecule has 1 aliphatic rings. The van der Waals surface area contributed by atoms with Crippen LogP contribution in [0, 0.1) is 0 Å². The van der Waals surface area contributed by atoms with Crippen molar-refractivity contribution in [3.8, 4) is 0 Å². The highest BCUT2D eigenvalue weighted by Gasteiger charge is 2.46. The van der Waals surface area contributed by atoms with E-state index in [1.54, 1.807) is 18.4 Å². The topological polar surface area (TPSA) is 101 Å². The molecule has 2 amide bonds. The van der Waals surface area contributed by atoms with Gasteiger partial charge in [0.15, 0.2) is 0 Å². The summed E-state index contributed by atoms with van der Waals surface area (Å²) in [6.07, 6.45) is 1.09. The van der Waals surface area contributed by atoms with E-state index in [-0.39, 0.29) is 35.0 Å². The summed E-state index contributed by atoms with van der Waals surface area (Å²) in [6.45, 7) is 5.37. The molecule has 1 aliphatic heterocycles. The van der Waals surface area contributed by atoms with E-state index in [1.165, 1.54) is 36.4 Å². The first-order chi connectivity index (χ1) is 14.3. The predicted molar refractivity (Wildman–Crippen MR) is 112 cm³/mol. The summed E-state index contributed by atoms with van der Waals surface area (Å²) < 4.78 is 32.0. The molecule has 0 spiro atoms. The molecular formula is C20H20N2O6S2. The molecule has 0 bridgehead atoms. The van der Waals surface area contributed by atoms with Crippen LogP contribution in [-0.4, -0.2) is 49.7 Å². The number of thiophene rings is 1. The zero-order valence-electron chi connectivity index (χ0n) is 16.2. The molecule has 0 radical (unpaired) electrons. The normalized spacial score (nSPS) is 16.9. The first kappa shape index (κ1) is 21.9. The van der Waals surface area contributed by atoms with Crippen LogP contribution in [0.15, 0.2) is 58.6 Å². The molecule has 0 aliphatic carbocycles. The van der Waals surface area contributed by atoms with E-state index in [9.17, 15) is 22.8 Å². The fraction of sp³-hybridized carbons (Fsp3) is 0.250. The molecule has 1 atom stereocenters. The van der Waals surface area contributed by atoms with Crippen molar-refractivity contribution in [1.29, 1.82) is 0 Å². The van der Waals surface area contributed by atoms with E-state index in [1.807, 2.05) is 0 Å². The van der Waals surface area contributed by atoms with Crippen molar-refractivity contribution >= 4 is 44.8 Å². The number of hydrogen-bond donors (Lipinski definition) is 0. The van der Waals surface area contributed by atoms with Crippen molar-refractivity contribution < 1.29 is 27.5 Å². The molecule has 1 fully saturated rings. The second-order valence-corrected chi connectivity index (χ2v) is 9.42. The van der Waals surface area contributed by atoms with E-state index >= 15 is 0 Å². The lowest BCUT2D eigenvalue weighted by atomic mass is 10.2. The zero-order chi connectivity index (χ0) is 21.9. The minimum absolute atomic E-state index is 0.0850. The predicted octanol–water partition coefficient (Wildman–Crippen LogP) is 2.43. The van der Waals surface area contributed by atoms with Crippen molar-refractivity contribution in [1.82, 2.24) is 4.31 Å². The Balaban J connectivity index is 1.89. The fourth-order valence-electron chi connectivity index (χ4n) is 3.12. The summed E-state index contributed by atoms with van der Waals surface area (Å²) >= 11 is 1.03. The van der Waals surface area contributed by atoms with Gasteiger partial charge in [-0.3, -0.25) is 9.59 Å². The molecule has 2 aromatic rings. The highest BCUT2D eigenvalue weighted by atomic mass is 32.2. The van der Waals surface area contributed by atoms with Gasteiger partial charge in [0.2, 0.25) is 5.91 Å². The summed E-state index contributed by atoms with van der Waals surface area (Å²) in [6, 6.07) is 7.68. The van der Waals surface area contributed by atoms with Gasteiger partial charge in [0.1, 0.15) is 10.3 Å². The van der Waals surface area contributed by atoms with E-state index in [0.29, 0.717) is 0 Å². The SMILES string of the molecule is C=CCN(C1CC(=O)N(c2ccc(C(=O)OCC)cc2)C1=O)S(=O)(=O)c1cccs1. The molecule has 0 saturated carbocycles. The number of benzene rings is 1. The maximum absolute atomic E-state index is 13.0. The Labute approximate surface area is 178 Å². The van der Waals surface area contributed by atoms with Gasteiger partial charge in [0, 0.05) is 6.54 Å². The Morgan fingerprint density at radius 3 is 2.57 bits per heavy atom. The maximum Gasteiger partial charge on any atom is 0.338 e.